The predicted molar refractivity (Wildman–Crippen MR) is 74.1 cm³/mol. The first-order chi connectivity index (χ1) is 8.53. The fraction of sp³-hybridized carbons (Fsp3) is 0.333. The van der Waals surface area contributed by atoms with Gasteiger partial charge in [0, 0.05) is 4.47 Å². The lowest BCUT2D eigenvalue weighted by Crippen LogP contribution is -1.96. The molecule has 0 aromatic heterocycles. The topological polar surface area (TPSA) is 35.5 Å². The predicted octanol–water partition coefficient (Wildman–Crippen LogP) is 4.98. The van der Waals surface area contributed by atoms with Gasteiger partial charge in [-0.1, -0.05) is 34.1 Å². The van der Waals surface area contributed by atoms with Gasteiger partial charge in [-0.2, -0.15) is 4.39 Å². The zero-order valence-corrected chi connectivity index (χ0v) is 12.7. The van der Waals surface area contributed by atoms with Gasteiger partial charge in [-0.3, -0.25) is 4.57 Å². The Kier molecular flexibility index (Phi) is 6.22. The molecule has 100 valence electrons. The molecule has 0 spiro atoms. The summed E-state index contributed by atoms with van der Waals surface area (Å²) in [6, 6.07) is 7.04. The third-order valence-electron chi connectivity index (χ3n) is 2.04. The minimum atomic E-state index is -3.82. The highest BCUT2D eigenvalue weighted by Gasteiger charge is 2.30. The van der Waals surface area contributed by atoms with E-state index < -0.39 is 13.2 Å². The summed E-state index contributed by atoms with van der Waals surface area (Å²) in [5.41, 5.74) is -0.312. The molecule has 0 aliphatic rings. The molecule has 0 bridgehead atoms. The van der Waals surface area contributed by atoms with Crippen LogP contribution in [0.25, 0.3) is 6.08 Å². The third kappa shape index (κ3) is 4.02. The van der Waals surface area contributed by atoms with Crippen molar-refractivity contribution in [2.45, 2.75) is 13.8 Å². The van der Waals surface area contributed by atoms with E-state index in [1.807, 2.05) is 6.07 Å². The number of halogens is 2. The van der Waals surface area contributed by atoms with Crippen molar-refractivity contribution in [3.05, 3.63) is 39.9 Å². The average molecular weight is 337 g/mol. The zero-order valence-electron chi connectivity index (χ0n) is 10.2. The minimum absolute atomic E-state index is 0.120. The Morgan fingerprint density at radius 3 is 2.39 bits per heavy atom. The van der Waals surface area contributed by atoms with Crippen molar-refractivity contribution in [2.75, 3.05) is 13.2 Å². The van der Waals surface area contributed by atoms with Crippen molar-refractivity contribution in [2.24, 2.45) is 0 Å². The maximum Gasteiger partial charge on any atom is 0.389 e. The van der Waals surface area contributed by atoms with Crippen molar-refractivity contribution >= 4 is 29.6 Å². The first kappa shape index (κ1) is 15.6. The molecule has 3 nitrogen and oxygen atoms in total. The summed E-state index contributed by atoms with van der Waals surface area (Å²) in [4.78, 5) is 0. The van der Waals surface area contributed by atoms with Crippen LogP contribution in [0.5, 0.6) is 0 Å². The Bertz CT molecular complexity index is 466. The van der Waals surface area contributed by atoms with Crippen molar-refractivity contribution in [3.63, 3.8) is 0 Å². The van der Waals surface area contributed by atoms with Crippen LogP contribution in [0, 0.1) is 0 Å². The fourth-order valence-electron chi connectivity index (χ4n) is 1.30. The van der Waals surface area contributed by atoms with Crippen LogP contribution >= 0.6 is 23.5 Å². The van der Waals surface area contributed by atoms with Crippen LogP contribution in [-0.2, 0) is 13.6 Å². The van der Waals surface area contributed by atoms with Gasteiger partial charge < -0.3 is 9.05 Å². The second-order valence-electron chi connectivity index (χ2n) is 3.32. The second-order valence-corrected chi connectivity index (χ2v) is 6.11. The van der Waals surface area contributed by atoms with Crippen molar-refractivity contribution in [3.8, 4) is 0 Å². The highest BCUT2D eigenvalue weighted by Crippen LogP contribution is 2.57. The van der Waals surface area contributed by atoms with E-state index in [0.29, 0.717) is 10.0 Å². The highest BCUT2D eigenvalue weighted by atomic mass is 79.9. The number of hydrogen-bond acceptors (Lipinski definition) is 3. The molecule has 1 aromatic rings. The molecule has 0 amide bonds. The lowest BCUT2D eigenvalue weighted by molar-refractivity contribution is 0.220. The molecular weight excluding hydrogens is 322 g/mol. The van der Waals surface area contributed by atoms with Gasteiger partial charge in [0.1, 0.15) is 0 Å². The molecular formula is C12H15BrFO3P. The maximum absolute atomic E-state index is 14.0. The van der Waals surface area contributed by atoms with Gasteiger partial charge in [0.25, 0.3) is 0 Å². The summed E-state index contributed by atoms with van der Waals surface area (Å²) in [6.45, 7) is 3.51. The average Bonchev–Trinajstić information content (AvgIpc) is 2.32. The lowest BCUT2D eigenvalue weighted by atomic mass is 10.2. The van der Waals surface area contributed by atoms with E-state index in [9.17, 15) is 8.96 Å². The lowest BCUT2D eigenvalue weighted by Gasteiger charge is -2.14. The first-order valence-corrected chi connectivity index (χ1v) is 7.88. The molecule has 0 aliphatic carbocycles. The van der Waals surface area contributed by atoms with E-state index in [0.717, 1.165) is 6.08 Å². The standard InChI is InChI=1S/C12H15BrFO3P/c1-3-16-18(15,17-4-2)12(14)9-10-7-5-6-8-11(10)13/h5-9H,3-4H2,1-2H3/b12-9-. The smallest absolute Gasteiger partial charge is 0.304 e. The van der Waals surface area contributed by atoms with E-state index in [2.05, 4.69) is 15.9 Å². The normalized spacial score (nSPS) is 12.8. The molecule has 0 N–H and O–H groups in total. The summed E-state index contributed by atoms with van der Waals surface area (Å²) >= 11 is 3.29. The van der Waals surface area contributed by atoms with Crippen LogP contribution in [-0.4, -0.2) is 13.2 Å². The van der Waals surface area contributed by atoms with Crippen LogP contribution in [0.3, 0.4) is 0 Å². The minimum Gasteiger partial charge on any atom is -0.304 e. The first-order valence-electron chi connectivity index (χ1n) is 5.55. The Morgan fingerprint density at radius 1 is 1.33 bits per heavy atom. The molecule has 0 saturated carbocycles. The van der Waals surface area contributed by atoms with Crippen LogP contribution in [0.4, 0.5) is 4.39 Å². The Balaban J connectivity index is 3.07. The Hall–Kier alpha value is -0.480. The summed E-state index contributed by atoms with van der Waals surface area (Å²) < 4.78 is 36.7. The Morgan fingerprint density at radius 2 is 1.89 bits per heavy atom. The molecule has 0 fully saturated rings. The van der Waals surface area contributed by atoms with Gasteiger partial charge in [-0.05, 0) is 31.6 Å². The van der Waals surface area contributed by atoms with Crippen molar-refractivity contribution in [1.29, 1.82) is 0 Å². The van der Waals surface area contributed by atoms with E-state index in [4.69, 9.17) is 9.05 Å². The van der Waals surface area contributed by atoms with Crippen LogP contribution in [0.1, 0.15) is 19.4 Å². The van der Waals surface area contributed by atoms with Gasteiger partial charge in [-0.15, -0.1) is 0 Å². The summed E-state index contributed by atoms with van der Waals surface area (Å²) in [7, 11) is -3.82. The summed E-state index contributed by atoms with van der Waals surface area (Å²) in [5.74, 6) is 0. The largest absolute Gasteiger partial charge is 0.389 e. The van der Waals surface area contributed by atoms with Gasteiger partial charge in [0.15, 0.2) is 0 Å². The molecule has 0 radical (unpaired) electrons. The molecule has 0 aliphatic heterocycles. The third-order valence-corrected chi connectivity index (χ3v) is 4.61. The number of hydrogen-bond donors (Lipinski definition) is 0. The van der Waals surface area contributed by atoms with E-state index in [1.54, 1.807) is 32.0 Å². The zero-order chi connectivity index (χ0) is 13.6. The SMILES string of the molecule is CCOP(=O)(OCC)/C(F)=C\c1ccccc1Br. The van der Waals surface area contributed by atoms with Gasteiger partial charge in [0.05, 0.1) is 13.2 Å². The van der Waals surface area contributed by atoms with E-state index >= 15 is 0 Å². The molecule has 0 atom stereocenters. The number of benzene rings is 1. The van der Waals surface area contributed by atoms with Gasteiger partial charge in [0.2, 0.25) is 5.57 Å². The Labute approximate surface area is 115 Å². The van der Waals surface area contributed by atoms with Crippen molar-refractivity contribution in [1.82, 2.24) is 0 Å². The number of rotatable bonds is 6. The molecule has 1 aromatic carbocycles. The molecule has 6 heteroatoms. The molecule has 0 saturated heterocycles. The highest BCUT2D eigenvalue weighted by molar-refractivity contribution is 9.10. The van der Waals surface area contributed by atoms with E-state index in [1.165, 1.54) is 0 Å². The second kappa shape index (κ2) is 7.19. The molecule has 18 heavy (non-hydrogen) atoms. The van der Waals surface area contributed by atoms with Crippen LogP contribution in [0.2, 0.25) is 0 Å². The molecule has 0 heterocycles. The van der Waals surface area contributed by atoms with E-state index in [-0.39, 0.29) is 13.2 Å². The summed E-state index contributed by atoms with van der Waals surface area (Å²) in [5, 5.41) is 0. The van der Waals surface area contributed by atoms with Crippen LogP contribution in [0.15, 0.2) is 34.3 Å². The van der Waals surface area contributed by atoms with Crippen molar-refractivity contribution < 1.29 is 18.0 Å². The fourth-order valence-corrected chi connectivity index (χ4v) is 3.00. The maximum atomic E-state index is 14.0. The van der Waals surface area contributed by atoms with Crippen LogP contribution < -0.4 is 0 Å². The van der Waals surface area contributed by atoms with Gasteiger partial charge >= 0.3 is 7.60 Å². The monoisotopic (exact) mass is 336 g/mol. The quantitative estimate of drug-likeness (QED) is 0.687. The molecule has 1 rings (SSSR count). The summed E-state index contributed by atoms with van der Waals surface area (Å²) in [6.07, 6.45) is 1.16. The van der Waals surface area contributed by atoms with Gasteiger partial charge in [-0.25, -0.2) is 0 Å². The molecule has 0 unspecified atom stereocenters.